The Morgan fingerprint density at radius 3 is 2.54 bits per heavy atom. The maximum Gasteiger partial charge on any atom is 0.302 e. The third-order valence-electron chi connectivity index (χ3n) is 8.83. The molecule has 0 aliphatic heterocycles. The quantitative estimate of drug-likeness (QED) is 0.699. The van der Waals surface area contributed by atoms with E-state index in [1.54, 1.807) is 0 Å². The van der Waals surface area contributed by atoms with Crippen molar-refractivity contribution in [3.05, 3.63) is 0 Å². The van der Waals surface area contributed by atoms with Gasteiger partial charge in [0.25, 0.3) is 0 Å². The molecule has 4 saturated carbocycles. The lowest BCUT2D eigenvalue weighted by Crippen LogP contribution is -2.67. The number of ketones is 1. The second kappa shape index (κ2) is 5.78. The Kier molecular flexibility index (Phi) is 4.09. The molecule has 2 N–H and O–H groups in total. The lowest BCUT2D eigenvalue weighted by Gasteiger charge is -2.62. The summed E-state index contributed by atoms with van der Waals surface area (Å²) in [6.07, 6.45) is 5.10. The molecule has 146 valence electrons. The number of aliphatic hydroxyl groups excluding tert-OH is 1. The number of carbonyl (C=O) groups excluding carboxylic acids is 2. The molecule has 4 aliphatic rings. The van der Waals surface area contributed by atoms with Crippen LogP contribution in [0.15, 0.2) is 0 Å². The van der Waals surface area contributed by atoms with Crippen LogP contribution in [0.5, 0.6) is 0 Å². The predicted octanol–water partition coefficient (Wildman–Crippen LogP) is 2.62. The van der Waals surface area contributed by atoms with Gasteiger partial charge in [0.15, 0.2) is 5.78 Å². The molecule has 4 rings (SSSR count). The normalized spacial score (nSPS) is 53.4. The van der Waals surface area contributed by atoms with E-state index in [9.17, 15) is 19.8 Å². The highest BCUT2D eigenvalue weighted by atomic mass is 16.5. The standard InChI is InChI=1S/C21H32O5/c1-12(22)26-18-5-4-15-14-10-17(24)21(25)11-13(23)6-9-20(21,3)16(14)7-8-19(15,18)2/h13-16,18,23,25H,4-11H2,1-3H3/t13-,14-,15?,16?,18-,19-,20+,21?/m0/s1. The molecule has 5 heteroatoms. The summed E-state index contributed by atoms with van der Waals surface area (Å²) >= 11 is 0. The molecule has 0 spiro atoms. The Labute approximate surface area is 155 Å². The Morgan fingerprint density at radius 2 is 1.85 bits per heavy atom. The first-order chi connectivity index (χ1) is 12.1. The van der Waals surface area contributed by atoms with Gasteiger partial charge in [-0.3, -0.25) is 9.59 Å². The SMILES string of the molecule is CC(=O)O[C@H]1CCC2[C@@H]3CC(=O)C4(O)C[C@@H](O)CC[C@]4(C)C3CC[C@@]21C. The molecule has 5 nitrogen and oxygen atoms in total. The third-order valence-corrected chi connectivity index (χ3v) is 8.83. The largest absolute Gasteiger partial charge is 0.462 e. The van der Waals surface area contributed by atoms with E-state index >= 15 is 0 Å². The van der Waals surface area contributed by atoms with E-state index in [1.165, 1.54) is 6.92 Å². The summed E-state index contributed by atoms with van der Waals surface area (Å²) in [5, 5.41) is 21.4. The number of aliphatic hydroxyl groups is 2. The monoisotopic (exact) mass is 364 g/mol. The summed E-state index contributed by atoms with van der Waals surface area (Å²) in [5.41, 5.74) is -1.90. The van der Waals surface area contributed by atoms with Crippen molar-refractivity contribution in [1.29, 1.82) is 0 Å². The molecule has 0 aromatic heterocycles. The smallest absolute Gasteiger partial charge is 0.302 e. The van der Waals surface area contributed by atoms with Gasteiger partial charge < -0.3 is 14.9 Å². The first-order valence-electron chi connectivity index (χ1n) is 10.2. The maximum atomic E-state index is 13.1. The van der Waals surface area contributed by atoms with Crippen LogP contribution in [0.1, 0.15) is 72.1 Å². The fraction of sp³-hybridized carbons (Fsp3) is 0.905. The Hall–Kier alpha value is -0.940. The average Bonchev–Trinajstić information content (AvgIpc) is 2.87. The summed E-state index contributed by atoms with van der Waals surface area (Å²) in [6.45, 7) is 5.78. The molecule has 0 aromatic carbocycles. The van der Waals surface area contributed by atoms with Gasteiger partial charge in [0.2, 0.25) is 0 Å². The van der Waals surface area contributed by atoms with Crippen LogP contribution in [0.2, 0.25) is 0 Å². The van der Waals surface area contributed by atoms with Crippen LogP contribution < -0.4 is 0 Å². The van der Waals surface area contributed by atoms with E-state index in [0.717, 1.165) is 25.7 Å². The van der Waals surface area contributed by atoms with Gasteiger partial charge in [0.05, 0.1) is 6.10 Å². The minimum absolute atomic E-state index is 0.0529. The summed E-state index contributed by atoms with van der Waals surface area (Å²) in [5.74, 6) is 0.610. The molecule has 0 amide bonds. The Morgan fingerprint density at radius 1 is 1.12 bits per heavy atom. The van der Waals surface area contributed by atoms with Crippen molar-refractivity contribution in [2.45, 2.75) is 89.9 Å². The Bertz CT molecular complexity index is 632. The molecule has 8 atom stereocenters. The molecule has 4 aliphatic carbocycles. The van der Waals surface area contributed by atoms with Crippen molar-refractivity contribution in [3.8, 4) is 0 Å². The third kappa shape index (κ3) is 2.29. The van der Waals surface area contributed by atoms with E-state index in [1.807, 2.05) is 0 Å². The van der Waals surface area contributed by atoms with Crippen LogP contribution in [0, 0.1) is 28.6 Å². The Balaban J connectivity index is 1.66. The second-order valence-corrected chi connectivity index (χ2v) is 9.90. The number of rotatable bonds is 1. The number of esters is 1. The number of fused-ring (bicyclic) bond motifs is 5. The van der Waals surface area contributed by atoms with Crippen LogP contribution in [-0.4, -0.2) is 39.8 Å². The van der Waals surface area contributed by atoms with E-state index in [0.29, 0.717) is 31.1 Å². The molecule has 0 heterocycles. The van der Waals surface area contributed by atoms with Crippen LogP contribution in [-0.2, 0) is 14.3 Å². The zero-order valence-corrected chi connectivity index (χ0v) is 16.2. The van der Waals surface area contributed by atoms with Gasteiger partial charge in [-0.2, -0.15) is 0 Å². The number of ether oxygens (including phenoxy) is 1. The number of hydrogen-bond donors (Lipinski definition) is 2. The van der Waals surface area contributed by atoms with Gasteiger partial charge in [-0.1, -0.05) is 13.8 Å². The molecule has 4 fully saturated rings. The highest BCUT2D eigenvalue weighted by Crippen LogP contribution is 2.66. The van der Waals surface area contributed by atoms with Gasteiger partial charge in [0, 0.05) is 30.6 Å². The van der Waals surface area contributed by atoms with E-state index in [4.69, 9.17) is 4.74 Å². The van der Waals surface area contributed by atoms with Crippen molar-refractivity contribution >= 4 is 11.8 Å². The summed E-state index contributed by atoms with van der Waals surface area (Å²) in [4.78, 5) is 24.6. The van der Waals surface area contributed by atoms with Gasteiger partial charge in [0.1, 0.15) is 11.7 Å². The summed E-state index contributed by atoms with van der Waals surface area (Å²) < 4.78 is 5.65. The van der Waals surface area contributed by atoms with Crippen molar-refractivity contribution in [1.82, 2.24) is 0 Å². The maximum absolute atomic E-state index is 13.1. The highest BCUT2D eigenvalue weighted by Gasteiger charge is 2.67. The highest BCUT2D eigenvalue weighted by molar-refractivity contribution is 5.89. The van der Waals surface area contributed by atoms with Gasteiger partial charge in [-0.15, -0.1) is 0 Å². The topological polar surface area (TPSA) is 83.8 Å². The minimum atomic E-state index is -1.38. The van der Waals surface area contributed by atoms with Gasteiger partial charge in [-0.05, 0) is 56.3 Å². The molecule has 26 heavy (non-hydrogen) atoms. The van der Waals surface area contributed by atoms with Crippen LogP contribution in [0.4, 0.5) is 0 Å². The molecule has 0 radical (unpaired) electrons. The first kappa shape index (κ1) is 18.4. The molecular formula is C21H32O5. The van der Waals surface area contributed by atoms with Crippen LogP contribution in [0.25, 0.3) is 0 Å². The van der Waals surface area contributed by atoms with Crippen LogP contribution in [0.3, 0.4) is 0 Å². The molecule has 0 aromatic rings. The number of Topliss-reactive ketones (excluding diaryl/α,β-unsaturated/α-hetero) is 1. The van der Waals surface area contributed by atoms with Gasteiger partial charge >= 0.3 is 5.97 Å². The van der Waals surface area contributed by atoms with Crippen molar-refractivity contribution < 1.29 is 24.5 Å². The van der Waals surface area contributed by atoms with E-state index in [-0.39, 0.29) is 35.6 Å². The predicted molar refractivity (Wildman–Crippen MR) is 95.1 cm³/mol. The lowest BCUT2D eigenvalue weighted by atomic mass is 9.43. The van der Waals surface area contributed by atoms with Gasteiger partial charge in [-0.25, -0.2) is 0 Å². The summed E-state index contributed by atoms with van der Waals surface area (Å²) in [7, 11) is 0. The summed E-state index contributed by atoms with van der Waals surface area (Å²) in [6, 6.07) is 0. The average molecular weight is 364 g/mol. The number of carbonyl (C=O) groups is 2. The zero-order chi connectivity index (χ0) is 18.9. The lowest BCUT2D eigenvalue weighted by molar-refractivity contribution is -0.215. The minimum Gasteiger partial charge on any atom is -0.462 e. The second-order valence-electron chi connectivity index (χ2n) is 9.90. The fourth-order valence-corrected chi connectivity index (χ4v) is 7.37. The van der Waals surface area contributed by atoms with Crippen molar-refractivity contribution in [2.75, 3.05) is 0 Å². The first-order valence-corrected chi connectivity index (χ1v) is 10.2. The van der Waals surface area contributed by atoms with Crippen molar-refractivity contribution in [2.24, 2.45) is 28.6 Å². The zero-order valence-electron chi connectivity index (χ0n) is 16.2. The number of hydrogen-bond acceptors (Lipinski definition) is 5. The molecule has 0 saturated heterocycles. The van der Waals surface area contributed by atoms with E-state index < -0.39 is 17.1 Å². The molecule has 3 unspecified atom stereocenters. The fourth-order valence-electron chi connectivity index (χ4n) is 7.37. The molecule has 0 bridgehead atoms. The van der Waals surface area contributed by atoms with E-state index in [2.05, 4.69) is 13.8 Å². The molecular weight excluding hydrogens is 332 g/mol. The van der Waals surface area contributed by atoms with Crippen molar-refractivity contribution in [3.63, 3.8) is 0 Å². The van der Waals surface area contributed by atoms with Crippen LogP contribution >= 0.6 is 0 Å².